The van der Waals surface area contributed by atoms with Crippen LogP contribution < -0.4 is 15.8 Å². The van der Waals surface area contributed by atoms with Crippen molar-refractivity contribution in [3.05, 3.63) is 23.8 Å². The average molecular weight is 285 g/mol. The van der Waals surface area contributed by atoms with Gasteiger partial charge in [0.05, 0.1) is 4.90 Å². The van der Waals surface area contributed by atoms with Crippen LogP contribution in [0.3, 0.4) is 0 Å². The summed E-state index contributed by atoms with van der Waals surface area (Å²) < 4.78 is 22.3. The van der Waals surface area contributed by atoms with Crippen molar-refractivity contribution in [3.63, 3.8) is 0 Å². The van der Waals surface area contributed by atoms with Crippen molar-refractivity contribution in [1.29, 1.82) is 0 Å². The second-order valence-electron chi connectivity index (χ2n) is 4.26. The van der Waals surface area contributed by atoms with Gasteiger partial charge in [-0.3, -0.25) is 0 Å². The fourth-order valence-corrected chi connectivity index (χ4v) is 2.10. The number of urea groups is 1. The third-order valence-electron chi connectivity index (χ3n) is 2.59. The molecular weight excluding hydrogens is 266 g/mol. The number of hydrogen-bond donors (Lipinski definition) is 3. The van der Waals surface area contributed by atoms with Gasteiger partial charge in [0.15, 0.2) is 0 Å². The molecule has 1 aromatic rings. The fourth-order valence-electron chi connectivity index (χ4n) is 1.50. The number of amides is 2. The molecule has 0 aromatic heterocycles. The summed E-state index contributed by atoms with van der Waals surface area (Å²) in [5.41, 5.74) is 1.19. The summed E-state index contributed by atoms with van der Waals surface area (Å²) in [4.78, 5) is 11.6. The number of nitrogens with two attached hydrogens (primary N) is 1. The van der Waals surface area contributed by atoms with Crippen molar-refractivity contribution >= 4 is 21.7 Å². The topological polar surface area (TPSA) is 101 Å². The van der Waals surface area contributed by atoms with Gasteiger partial charge >= 0.3 is 6.03 Å². The predicted molar refractivity (Wildman–Crippen MR) is 74.5 cm³/mol. The first-order chi connectivity index (χ1) is 8.84. The van der Waals surface area contributed by atoms with Crippen LogP contribution >= 0.6 is 0 Å². The third kappa shape index (κ3) is 4.88. The Labute approximate surface area is 113 Å². The first-order valence-corrected chi connectivity index (χ1v) is 7.57. The summed E-state index contributed by atoms with van der Waals surface area (Å²) in [6.07, 6.45) is 1.92. The minimum Gasteiger partial charge on any atom is -0.338 e. The van der Waals surface area contributed by atoms with E-state index in [2.05, 4.69) is 10.6 Å². The van der Waals surface area contributed by atoms with Gasteiger partial charge in [0.25, 0.3) is 0 Å². The molecular formula is C12H19N3O3S. The number of sulfonamides is 1. The van der Waals surface area contributed by atoms with Crippen LogP contribution in [0.2, 0.25) is 0 Å². The molecule has 0 heterocycles. The smallest absolute Gasteiger partial charge is 0.319 e. The molecule has 0 saturated heterocycles. The van der Waals surface area contributed by atoms with Gasteiger partial charge in [-0.05, 0) is 37.1 Å². The van der Waals surface area contributed by atoms with E-state index < -0.39 is 10.0 Å². The third-order valence-corrected chi connectivity index (χ3v) is 3.50. The lowest BCUT2D eigenvalue weighted by atomic mass is 10.2. The van der Waals surface area contributed by atoms with Crippen LogP contribution in [0.5, 0.6) is 0 Å². The molecule has 0 unspecified atom stereocenters. The maximum absolute atomic E-state index is 11.6. The Morgan fingerprint density at radius 1 is 1.37 bits per heavy atom. The van der Waals surface area contributed by atoms with E-state index in [1.807, 2.05) is 6.92 Å². The van der Waals surface area contributed by atoms with E-state index in [9.17, 15) is 13.2 Å². The number of nitrogens with one attached hydrogen (secondary N) is 2. The highest BCUT2D eigenvalue weighted by Gasteiger charge is 2.10. The standard InChI is InChI=1S/C12H19N3O3S/c1-3-4-7-14-12(16)15-11-6-5-10(8-9(11)2)19(13,17)18/h5-6,8H,3-4,7H2,1-2H3,(H2,13,17,18)(H2,14,15,16). The quantitative estimate of drug-likeness (QED) is 0.715. The SMILES string of the molecule is CCCCNC(=O)Nc1ccc(S(N)(=O)=O)cc1C. The highest BCUT2D eigenvalue weighted by Crippen LogP contribution is 2.18. The van der Waals surface area contributed by atoms with Crippen molar-refractivity contribution in [3.8, 4) is 0 Å². The number of anilines is 1. The molecule has 0 aliphatic carbocycles. The average Bonchev–Trinajstić information content (AvgIpc) is 2.31. The first kappa shape index (κ1) is 15.5. The molecule has 0 aliphatic rings. The maximum Gasteiger partial charge on any atom is 0.319 e. The Kier molecular flexibility index (Phi) is 5.31. The van der Waals surface area contributed by atoms with E-state index in [0.29, 0.717) is 17.8 Å². The van der Waals surface area contributed by atoms with Crippen molar-refractivity contribution in [2.45, 2.75) is 31.6 Å². The first-order valence-electron chi connectivity index (χ1n) is 6.03. The molecule has 19 heavy (non-hydrogen) atoms. The van der Waals surface area contributed by atoms with Gasteiger partial charge in [0, 0.05) is 12.2 Å². The van der Waals surface area contributed by atoms with Gasteiger partial charge in [0.2, 0.25) is 10.0 Å². The zero-order valence-electron chi connectivity index (χ0n) is 11.1. The maximum atomic E-state index is 11.6. The molecule has 106 valence electrons. The van der Waals surface area contributed by atoms with E-state index in [1.54, 1.807) is 6.92 Å². The molecule has 0 bridgehead atoms. The number of hydrogen-bond acceptors (Lipinski definition) is 3. The van der Waals surface area contributed by atoms with Crippen LogP contribution in [0, 0.1) is 6.92 Å². The molecule has 1 rings (SSSR count). The van der Waals surface area contributed by atoms with Gasteiger partial charge in [-0.15, -0.1) is 0 Å². The number of benzene rings is 1. The van der Waals surface area contributed by atoms with E-state index in [-0.39, 0.29) is 10.9 Å². The highest BCUT2D eigenvalue weighted by atomic mass is 32.2. The molecule has 0 radical (unpaired) electrons. The Balaban J connectivity index is 2.73. The lowest BCUT2D eigenvalue weighted by Gasteiger charge is -2.10. The van der Waals surface area contributed by atoms with Crippen molar-refractivity contribution < 1.29 is 13.2 Å². The number of carbonyl (C=O) groups is 1. The van der Waals surface area contributed by atoms with Crippen molar-refractivity contribution in [2.75, 3.05) is 11.9 Å². The van der Waals surface area contributed by atoms with Gasteiger partial charge < -0.3 is 10.6 Å². The molecule has 7 heteroatoms. The molecule has 0 aliphatic heterocycles. The van der Waals surface area contributed by atoms with Gasteiger partial charge in [-0.1, -0.05) is 13.3 Å². The molecule has 0 atom stereocenters. The van der Waals surface area contributed by atoms with E-state index in [4.69, 9.17) is 5.14 Å². The number of aryl methyl sites for hydroxylation is 1. The second kappa shape index (κ2) is 6.53. The summed E-state index contributed by atoms with van der Waals surface area (Å²) in [6.45, 7) is 4.35. The zero-order chi connectivity index (χ0) is 14.5. The molecule has 1 aromatic carbocycles. The molecule has 2 amide bonds. The van der Waals surface area contributed by atoms with E-state index in [1.165, 1.54) is 18.2 Å². The van der Waals surface area contributed by atoms with Crippen LogP contribution in [-0.4, -0.2) is 21.0 Å². The van der Waals surface area contributed by atoms with Crippen LogP contribution in [0.15, 0.2) is 23.1 Å². The molecule has 0 saturated carbocycles. The fraction of sp³-hybridized carbons (Fsp3) is 0.417. The van der Waals surface area contributed by atoms with E-state index >= 15 is 0 Å². The minimum atomic E-state index is -3.72. The summed E-state index contributed by atoms with van der Waals surface area (Å²) in [5.74, 6) is 0. The lowest BCUT2D eigenvalue weighted by molar-refractivity contribution is 0.252. The van der Waals surface area contributed by atoms with Crippen LogP contribution in [0.1, 0.15) is 25.3 Å². The molecule has 6 nitrogen and oxygen atoms in total. The normalized spacial score (nSPS) is 11.1. The number of unbranched alkanes of at least 4 members (excludes halogenated alkanes) is 1. The van der Waals surface area contributed by atoms with E-state index in [0.717, 1.165) is 12.8 Å². The summed E-state index contributed by atoms with van der Waals surface area (Å²) in [6, 6.07) is 4.01. The van der Waals surface area contributed by atoms with Crippen LogP contribution in [0.4, 0.5) is 10.5 Å². The minimum absolute atomic E-state index is 0.0296. The highest BCUT2D eigenvalue weighted by molar-refractivity contribution is 7.89. The molecule has 0 spiro atoms. The van der Waals surface area contributed by atoms with Crippen molar-refractivity contribution in [1.82, 2.24) is 5.32 Å². The lowest BCUT2D eigenvalue weighted by Crippen LogP contribution is -2.29. The summed E-state index contributed by atoms with van der Waals surface area (Å²) >= 11 is 0. The second-order valence-corrected chi connectivity index (χ2v) is 5.82. The number of rotatable bonds is 5. The van der Waals surface area contributed by atoms with Gasteiger partial charge in [-0.2, -0.15) is 0 Å². The van der Waals surface area contributed by atoms with Crippen LogP contribution in [0.25, 0.3) is 0 Å². The Morgan fingerprint density at radius 3 is 2.58 bits per heavy atom. The van der Waals surface area contributed by atoms with Crippen molar-refractivity contribution in [2.24, 2.45) is 5.14 Å². The summed E-state index contributed by atoms with van der Waals surface area (Å²) in [7, 11) is -3.72. The summed E-state index contributed by atoms with van der Waals surface area (Å²) in [5, 5.41) is 10.4. The monoisotopic (exact) mass is 285 g/mol. The number of carbonyl (C=O) groups excluding carboxylic acids is 1. The molecule has 4 N–H and O–H groups in total. The Morgan fingerprint density at radius 2 is 2.05 bits per heavy atom. The van der Waals surface area contributed by atoms with Gasteiger partial charge in [-0.25, -0.2) is 18.4 Å². The predicted octanol–water partition coefficient (Wildman–Crippen LogP) is 1.56. The Bertz CT molecular complexity index is 555. The number of primary sulfonamides is 1. The Hall–Kier alpha value is -1.60. The van der Waals surface area contributed by atoms with Crippen LogP contribution in [-0.2, 0) is 10.0 Å². The molecule has 0 fully saturated rings. The van der Waals surface area contributed by atoms with Gasteiger partial charge in [0.1, 0.15) is 0 Å². The zero-order valence-corrected chi connectivity index (χ0v) is 11.9. The largest absolute Gasteiger partial charge is 0.338 e.